The molecular weight excluding hydrogens is 353 g/mol. The van der Waals surface area contributed by atoms with Crippen LogP contribution in [0.3, 0.4) is 0 Å². The molecule has 1 atom stereocenters. The lowest BCUT2D eigenvalue weighted by Gasteiger charge is -2.31. The van der Waals surface area contributed by atoms with E-state index in [2.05, 4.69) is 5.32 Å². The van der Waals surface area contributed by atoms with Crippen molar-refractivity contribution in [2.45, 2.75) is 36.9 Å². The molecule has 0 bridgehead atoms. The smallest absolute Gasteiger partial charge is 0.316 e. The number of alkyl halides is 3. The normalized spacial score (nSPS) is 20.1. The summed E-state index contributed by atoms with van der Waals surface area (Å²) >= 11 is 0. The average molecular weight is 373 g/mol. The monoisotopic (exact) mass is 372 g/mol. The summed E-state index contributed by atoms with van der Waals surface area (Å²) < 4.78 is 65.3. The van der Waals surface area contributed by atoms with Gasteiger partial charge in [0.05, 0.1) is 10.5 Å². The van der Waals surface area contributed by atoms with E-state index in [1.54, 1.807) is 7.05 Å². The highest BCUT2D eigenvalue weighted by Crippen LogP contribution is 2.34. The number of hydrogen-bond donors (Lipinski definition) is 1. The molecule has 0 amide bonds. The summed E-state index contributed by atoms with van der Waals surface area (Å²) in [4.78, 5) is -0.304. The second-order valence-electron chi connectivity index (χ2n) is 5.47. The summed E-state index contributed by atoms with van der Waals surface area (Å²) in [6.07, 6.45) is -3.03. The molecule has 132 valence electrons. The first kappa shape index (κ1) is 20.2. The fraction of sp³-hybridized carbons (Fsp3) is 0.571. The van der Waals surface area contributed by atoms with Gasteiger partial charge in [0.1, 0.15) is 0 Å². The van der Waals surface area contributed by atoms with Crippen molar-refractivity contribution in [1.29, 1.82) is 0 Å². The Hall–Kier alpha value is -0.830. The van der Waals surface area contributed by atoms with E-state index in [0.29, 0.717) is 13.0 Å². The molecule has 0 aliphatic carbocycles. The maximum absolute atomic E-state index is 13.0. The van der Waals surface area contributed by atoms with Gasteiger partial charge < -0.3 is 5.32 Å². The van der Waals surface area contributed by atoms with Crippen LogP contribution < -0.4 is 5.32 Å². The Morgan fingerprint density at radius 1 is 1.30 bits per heavy atom. The molecule has 0 aromatic heterocycles. The lowest BCUT2D eigenvalue weighted by molar-refractivity contribution is -0.138. The minimum absolute atomic E-state index is 0. The first-order valence-corrected chi connectivity index (χ1v) is 8.45. The number of nitrogens with one attached hydrogen (secondary N) is 1. The molecule has 23 heavy (non-hydrogen) atoms. The summed E-state index contributed by atoms with van der Waals surface area (Å²) in [7, 11) is -2.17. The second-order valence-corrected chi connectivity index (χ2v) is 7.40. The Morgan fingerprint density at radius 2 is 1.96 bits per heavy atom. The van der Waals surface area contributed by atoms with Crippen molar-refractivity contribution >= 4 is 22.4 Å². The number of piperidine rings is 1. The van der Waals surface area contributed by atoms with Crippen molar-refractivity contribution in [3.8, 4) is 0 Å². The number of sulfonamides is 1. The summed E-state index contributed by atoms with van der Waals surface area (Å²) in [5.74, 6) is 0. The Morgan fingerprint density at radius 3 is 2.52 bits per heavy atom. The molecule has 0 saturated carbocycles. The van der Waals surface area contributed by atoms with Crippen LogP contribution >= 0.6 is 12.4 Å². The highest BCUT2D eigenvalue weighted by Gasteiger charge is 2.35. The molecule has 1 aliphatic heterocycles. The van der Waals surface area contributed by atoms with Crippen molar-refractivity contribution in [2.24, 2.45) is 0 Å². The third-order valence-electron chi connectivity index (χ3n) is 3.94. The van der Waals surface area contributed by atoms with E-state index < -0.39 is 21.8 Å². The molecule has 0 spiro atoms. The van der Waals surface area contributed by atoms with Gasteiger partial charge in [-0.15, -0.1) is 12.4 Å². The molecule has 1 N–H and O–H groups in total. The predicted octanol–water partition coefficient (Wildman–Crippen LogP) is 2.81. The SMILES string of the molecule is CNC1CCCN(S(=O)(=O)c2ccc(C)c(C(F)(F)F)c2)C1.Cl. The van der Waals surface area contributed by atoms with Crippen molar-refractivity contribution in [1.82, 2.24) is 9.62 Å². The van der Waals surface area contributed by atoms with Crippen LogP contribution in [0.2, 0.25) is 0 Å². The molecule has 0 radical (unpaired) electrons. The van der Waals surface area contributed by atoms with Gasteiger partial charge >= 0.3 is 6.18 Å². The third kappa shape index (κ3) is 4.37. The van der Waals surface area contributed by atoms with Crippen molar-refractivity contribution in [2.75, 3.05) is 20.1 Å². The molecule has 1 aliphatic rings. The topological polar surface area (TPSA) is 49.4 Å². The first-order chi connectivity index (χ1) is 10.2. The number of benzene rings is 1. The number of rotatable bonds is 3. The zero-order valence-electron chi connectivity index (χ0n) is 12.9. The van der Waals surface area contributed by atoms with E-state index in [9.17, 15) is 21.6 Å². The van der Waals surface area contributed by atoms with Crippen molar-refractivity contribution in [3.05, 3.63) is 29.3 Å². The van der Waals surface area contributed by atoms with Gasteiger partial charge in [-0.3, -0.25) is 0 Å². The Labute approximate surface area is 140 Å². The summed E-state index contributed by atoms with van der Waals surface area (Å²) in [6.45, 7) is 1.92. The van der Waals surface area contributed by atoms with Crippen LogP contribution in [0.1, 0.15) is 24.0 Å². The van der Waals surface area contributed by atoms with E-state index in [1.165, 1.54) is 23.4 Å². The maximum Gasteiger partial charge on any atom is 0.416 e. The van der Waals surface area contributed by atoms with Gasteiger partial charge in [0.15, 0.2) is 0 Å². The molecule has 2 rings (SSSR count). The van der Waals surface area contributed by atoms with Crippen LogP contribution in [0, 0.1) is 6.92 Å². The summed E-state index contributed by atoms with van der Waals surface area (Å²) in [6, 6.07) is 3.20. The predicted molar refractivity (Wildman–Crippen MR) is 84.3 cm³/mol. The van der Waals surface area contributed by atoms with E-state index in [-0.39, 0.29) is 35.5 Å². The van der Waals surface area contributed by atoms with E-state index >= 15 is 0 Å². The second kappa shape index (κ2) is 7.38. The van der Waals surface area contributed by atoms with Gasteiger partial charge in [0.2, 0.25) is 10.0 Å². The Kier molecular flexibility index (Phi) is 6.48. The first-order valence-electron chi connectivity index (χ1n) is 7.01. The molecule has 1 saturated heterocycles. The summed E-state index contributed by atoms with van der Waals surface area (Å²) in [5, 5.41) is 3.02. The number of halogens is 4. The largest absolute Gasteiger partial charge is 0.416 e. The number of aryl methyl sites for hydroxylation is 1. The zero-order valence-corrected chi connectivity index (χ0v) is 14.5. The molecule has 9 heteroatoms. The number of nitrogens with zero attached hydrogens (tertiary/aromatic N) is 1. The van der Waals surface area contributed by atoms with E-state index in [4.69, 9.17) is 0 Å². The average Bonchev–Trinajstić information content (AvgIpc) is 2.46. The third-order valence-corrected chi connectivity index (χ3v) is 5.81. The zero-order chi connectivity index (χ0) is 16.5. The van der Waals surface area contributed by atoms with Crippen molar-refractivity contribution < 1.29 is 21.6 Å². The summed E-state index contributed by atoms with van der Waals surface area (Å²) in [5.41, 5.74) is -0.894. The minimum Gasteiger partial charge on any atom is -0.316 e. The van der Waals surface area contributed by atoms with Crippen LogP contribution in [0.25, 0.3) is 0 Å². The van der Waals surface area contributed by atoms with Gasteiger partial charge in [0, 0.05) is 19.1 Å². The fourth-order valence-corrected chi connectivity index (χ4v) is 4.16. The quantitative estimate of drug-likeness (QED) is 0.887. The van der Waals surface area contributed by atoms with Crippen LogP contribution in [0.4, 0.5) is 13.2 Å². The highest BCUT2D eigenvalue weighted by atomic mass is 35.5. The maximum atomic E-state index is 13.0. The van der Waals surface area contributed by atoms with Crippen LogP contribution in [-0.4, -0.2) is 38.9 Å². The molecule has 1 heterocycles. The minimum atomic E-state index is -4.56. The molecular formula is C14H20ClF3N2O2S. The Balaban J connectivity index is 0.00000264. The lowest BCUT2D eigenvalue weighted by atomic mass is 10.1. The van der Waals surface area contributed by atoms with E-state index in [0.717, 1.165) is 12.5 Å². The molecule has 1 fully saturated rings. The van der Waals surface area contributed by atoms with Crippen molar-refractivity contribution in [3.63, 3.8) is 0 Å². The molecule has 1 aromatic rings. The molecule has 1 unspecified atom stereocenters. The highest BCUT2D eigenvalue weighted by molar-refractivity contribution is 7.89. The van der Waals surface area contributed by atoms with Gasteiger partial charge in [-0.1, -0.05) is 6.07 Å². The van der Waals surface area contributed by atoms with Gasteiger partial charge in [-0.2, -0.15) is 17.5 Å². The van der Waals surface area contributed by atoms with Gasteiger partial charge in [-0.05, 0) is 44.5 Å². The Bertz CT molecular complexity index is 650. The van der Waals surface area contributed by atoms with E-state index in [1.807, 2.05) is 0 Å². The van der Waals surface area contributed by atoms with Crippen LogP contribution in [0.15, 0.2) is 23.1 Å². The van der Waals surface area contributed by atoms with Crippen LogP contribution in [0.5, 0.6) is 0 Å². The van der Waals surface area contributed by atoms with Gasteiger partial charge in [0.25, 0.3) is 0 Å². The molecule has 4 nitrogen and oxygen atoms in total. The molecule has 1 aromatic carbocycles. The number of hydrogen-bond acceptors (Lipinski definition) is 3. The number of likely N-dealkylation sites (N-methyl/N-ethyl adjacent to an activating group) is 1. The standard InChI is InChI=1S/C14H19F3N2O2S.ClH/c1-10-5-6-12(8-13(10)14(15,16)17)22(20,21)19-7-3-4-11(9-19)18-2;/h5-6,8,11,18H,3-4,7,9H2,1-2H3;1H. The fourth-order valence-electron chi connectivity index (χ4n) is 2.61. The lowest BCUT2D eigenvalue weighted by Crippen LogP contribution is -2.46. The van der Waals surface area contributed by atoms with Gasteiger partial charge in [-0.25, -0.2) is 8.42 Å². The van der Waals surface area contributed by atoms with Crippen LogP contribution in [-0.2, 0) is 16.2 Å².